The lowest BCUT2D eigenvalue weighted by Gasteiger charge is -2.12. The number of H-pyrrole nitrogens is 1. The molecule has 188 valence electrons. The molecule has 4 rings (SSSR count). The minimum Gasteiger partial charge on any atom is -0.490 e. The van der Waals surface area contributed by atoms with Gasteiger partial charge in [0.25, 0.3) is 5.56 Å². The van der Waals surface area contributed by atoms with Crippen molar-refractivity contribution in [3.05, 3.63) is 69.3 Å². The highest BCUT2D eigenvalue weighted by atomic mass is 32.2. The van der Waals surface area contributed by atoms with Crippen LogP contribution in [0.3, 0.4) is 0 Å². The Morgan fingerprint density at radius 3 is 2.58 bits per heavy atom. The Bertz CT molecular complexity index is 1400. The summed E-state index contributed by atoms with van der Waals surface area (Å²) < 4.78 is 11.3. The molecule has 9 heteroatoms. The lowest BCUT2D eigenvalue weighted by Crippen LogP contribution is -2.27. The summed E-state index contributed by atoms with van der Waals surface area (Å²) in [6.07, 6.45) is 0.667. The van der Waals surface area contributed by atoms with Crippen LogP contribution in [0.2, 0.25) is 0 Å². The van der Waals surface area contributed by atoms with Crippen molar-refractivity contribution in [2.75, 3.05) is 25.5 Å². The SMILES string of the molecule is CCOc1ccc(CCNC(=O)CSc2nc3sc(C)c(-c4ccccc4)c3c(=O)[nH]2)cc1OCC. The van der Waals surface area contributed by atoms with Gasteiger partial charge in [-0.25, -0.2) is 4.98 Å². The van der Waals surface area contributed by atoms with Crippen LogP contribution < -0.4 is 20.3 Å². The number of thioether (sulfide) groups is 1. The molecule has 0 saturated carbocycles. The van der Waals surface area contributed by atoms with E-state index < -0.39 is 0 Å². The molecule has 2 heterocycles. The number of aromatic amines is 1. The number of aromatic nitrogens is 2. The standard InChI is InChI=1S/C27H29N3O4S2/c1-4-33-20-12-11-18(15-21(20)34-5-2)13-14-28-22(31)16-35-27-29-25(32)24-23(17(3)36-26(24)30-27)19-9-7-6-8-10-19/h6-12,15H,4-5,13-14,16H2,1-3H3,(H,28,31)(H,29,30,32). The van der Waals surface area contributed by atoms with Crippen LogP contribution >= 0.6 is 23.1 Å². The molecule has 7 nitrogen and oxygen atoms in total. The van der Waals surface area contributed by atoms with E-state index in [4.69, 9.17) is 9.47 Å². The first-order valence-electron chi connectivity index (χ1n) is 11.9. The molecule has 1 amide bonds. The second kappa shape index (κ2) is 12.1. The van der Waals surface area contributed by atoms with Crippen LogP contribution in [-0.4, -0.2) is 41.4 Å². The van der Waals surface area contributed by atoms with Gasteiger partial charge in [-0.15, -0.1) is 11.3 Å². The van der Waals surface area contributed by atoms with Gasteiger partial charge in [0.2, 0.25) is 5.91 Å². The number of ether oxygens (including phenoxy) is 2. The quantitative estimate of drug-likeness (QED) is 0.207. The van der Waals surface area contributed by atoms with Gasteiger partial charge in [-0.3, -0.25) is 9.59 Å². The molecule has 0 saturated heterocycles. The van der Waals surface area contributed by atoms with Crippen LogP contribution in [0.25, 0.3) is 21.3 Å². The van der Waals surface area contributed by atoms with Gasteiger partial charge in [0.05, 0.1) is 24.4 Å². The molecule has 2 N–H and O–H groups in total. The van der Waals surface area contributed by atoms with Gasteiger partial charge in [0, 0.05) is 17.0 Å². The average molecular weight is 524 g/mol. The molecular formula is C27H29N3O4S2. The van der Waals surface area contributed by atoms with Crippen molar-refractivity contribution >= 4 is 39.2 Å². The van der Waals surface area contributed by atoms with Crippen LogP contribution in [0, 0.1) is 6.92 Å². The first-order valence-corrected chi connectivity index (χ1v) is 13.7. The lowest BCUT2D eigenvalue weighted by atomic mass is 10.0. The maximum absolute atomic E-state index is 12.9. The zero-order valence-corrected chi connectivity index (χ0v) is 22.2. The number of hydrogen-bond acceptors (Lipinski definition) is 7. The molecule has 2 aromatic carbocycles. The van der Waals surface area contributed by atoms with Gasteiger partial charge in [0.15, 0.2) is 16.7 Å². The normalized spacial score (nSPS) is 11.0. The van der Waals surface area contributed by atoms with Gasteiger partial charge >= 0.3 is 0 Å². The predicted octanol–water partition coefficient (Wildman–Crippen LogP) is 5.21. The Kier molecular flexibility index (Phi) is 8.66. The fraction of sp³-hybridized carbons (Fsp3) is 0.296. The molecule has 0 atom stereocenters. The first-order chi connectivity index (χ1) is 17.5. The topological polar surface area (TPSA) is 93.3 Å². The smallest absolute Gasteiger partial charge is 0.260 e. The summed E-state index contributed by atoms with van der Waals surface area (Å²) in [6.45, 7) is 7.48. The average Bonchev–Trinajstić information content (AvgIpc) is 3.21. The van der Waals surface area contributed by atoms with E-state index >= 15 is 0 Å². The van der Waals surface area contributed by atoms with E-state index in [1.807, 2.05) is 69.3 Å². The molecule has 0 aliphatic rings. The van der Waals surface area contributed by atoms with Gasteiger partial charge in [0.1, 0.15) is 4.83 Å². The number of fused-ring (bicyclic) bond motifs is 1. The Labute approximate surface area is 218 Å². The van der Waals surface area contributed by atoms with Crippen LogP contribution in [0.5, 0.6) is 11.5 Å². The largest absolute Gasteiger partial charge is 0.490 e. The number of amides is 1. The zero-order valence-electron chi connectivity index (χ0n) is 20.6. The van der Waals surface area contributed by atoms with Crippen molar-refractivity contribution in [2.24, 2.45) is 0 Å². The van der Waals surface area contributed by atoms with Crippen LogP contribution in [0.4, 0.5) is 0 Å². The van der Waals surface area contributed by atoms with E-state index in [0.29, 0.717) is 47.3 Å². The molecular weight excluding hydrogens is 494 g/mol. The Hall–Kier alpha value is -3.30. The monoisotopic (exact) mass is 523 g/mol. The van der Waals surface area contributed by atoms with Crippen molar-refractivity contribution in [1.82, 2.24) is 15.3 Å². The van der Waals surface area contributed by atoms with E-state index in [-0.39, 0.29) is 17.2 Å². The molecule has 0 aliphatic heterocycles. The van der Waals surface area contributed by atoms with E-state index in [2.05, 4.69) is 15.3 Å². The van der Waals surface area contributed by atoms with Crippen LogP contribution in [0.1, 0.15) is 24.3 Å². The number of hydrogen-bond donors (Lipinski definition) is 2. The highest BCUT2D eigenvalue weighted by Crippen LogP contribution is 2.36. The number of carbonyl (C=O) groups excluding carboxylic acids is 1. The summed E-state index contributed by atoms with van der Waals surface area (Å²) in [7, 11) is 0. The van der Waals surface area contributed by atoms with Crippen molar-refractivity contribution in [3.63, 3.8) is 0 Å². The fourth-order valence-electron chi connectivity index (χ4n) is 3.90. The summed E-state index contributed by atoms with van der Waals surface area (Å²) in [6, 6.07) is 15.7. The predicted molar refractivity (Wildman–Crippen MR) is 147 cm³/mol. The van der Waals surface area contributed by atoms with Gasteiger partial charge in [-0.2, -0.15) is 0 Å². The maximum Gasteiger partial charge on any atom is 0.260 e. The number of thiophene rings is 1. The summed E-state index contributed by atoms with van der Waals surface area (Å²) in [4.78, 5) is 34.5. The van der Waals surface area contributed by atoms with Gasteiger partial charge in [-0.05, 0) is 50.5 Å². The zero-order chi connectivity index (χ0) is 25.5. The molecule has 2 aromatic heterocycles. The third-order valence-corrected chi connectivity index (χ3v) is 7.33. The Balaban J connectivity index is 1.35. The van der Waals surface area contributed by atoms with Crippen molar-refractivity contribution in [2.45, 2.75) is 32.3 Å². The summed E-state index contributed by atoms with van der Waals surface area (Å²) in [5.41, 5.74) is 2.77. The fourth-order valence-corrected chi connectivity index (χ4v) is 5.70. The summed E-state index contributed by atoms with van der Waals surface area (Å²) in [5.74, 6) is 1.48. The number of nitrogens with zero attached hydrogens (tertiary/aromatic N) is 1. The van der Waals surface area contributed by atoms with E-state index in [0.717, 1.165) is 27.3 Å². The van der Waals surface area contributed by atoms with E-state index in [1.165, 1.54) is 23.1 Å². The van der Waals surface area contributed by atoms with Crippen molar-refractivity contribution in [3.8, 4) is 22.6 Å². The number of nitrogens with one attached hydrogen (secondary N) is 2. The molecule has 0 radical (unpaired) electrons. The van der Waals surface area contributed by atoms with Crippen molar-refractivity contribution in [1.29, 1.82) is 0 Å². The number of rotatable bonds is 11. The molecule has 0 spiro atoms. The van der Waals surface area contributed by atoms with Gasteiger partial charge < -0.3 is 19.8 Å². The number of benzene rings is 2. The lowest BCUT2D eigenvalue weighted by molar-refractivity contribution is -0.118. The van der Waals surface area contributed by atoms with Gasteiger partial charge in [-0.1, -0.05) is 48.2 Å². The first kappa shape index (κ1) is 25.8. The third kappa shape index (κ3) is 6.09. The second-order valence-corrected chi connectivity index (χ2v) is 10.2. The molecule has 0 unspecified atom stereocenters. The minimum absolute atomic E-state index is 0.119. The van der Waals surface area contributed by atoms with Crippen LogP contribution in [0.15, 0.2) is 58.5 Å². The number of aryl methyl sites for hydroxylation is 1. The van der Waals surface area contributed by atoms with E-state index in [9.17, 15) is 9.59 Å². The molecule has 0 aliphatic carbocycles. The maximum atomic E-state index is 12.9. The number of carbonyl (C=O) groups is 1. The Morgan fingerprint density at radius 1 is 1.08 bits per heavy atom. The summed E-state index contributed by atoms with van der Waals surface area (Å²) >= 11 is 2.71. The molecule has 4 aromatic rings. The van der Waals surface area contributed by atoms with E-state index in [1.54, 1.807) is 0 Å². The van der Waals surface area contributed by atoms with Crippen LogP contribution in [-0.2, 0) is 11.2 Å². The van der Waals surface area contributed by atoms with Crippen molar-refractivity contribution < 1.29 is 14.3 Å². The third-order valence-electron chi connectivity index (χ3n) is 5.46. The Morgan fingerprint density at radius 2 is 1.83 bits per heavy atom. The minimum atomic E-state index is -0.188. The highest BCUT2D eigenvalue weighted by molar-refractivity contribution is 7.99. The molecule has 0 bridgehead atoms. The second-order valence-electron chi connectivity index (χ2n) is 7.99. The molecule has 0 fully saturated rings. The molecule has 36 heavy (non-hydrogen) atoms. The summed E-state index contributed by atoms with van der Waals surface area (Å²) in [5, 5.41) is 3.97. The highest BCUT2D eigenvalue weighted by Gasteiger charge is 2.17.